The molecule has 0 aliphatic carbocycles. The fourth-order valence-electron chi connectivity index (χ4n) is 2.98. The maximum absolute atomic E-state index is 5.00. The Hall–Kier alpha value is -1.84. The quantitative estimate of drug-likeness (QED) is 0.421. The van der Waals surface area contributed by atoms with Gasteiger partial charge in [0.1, 0.15) is 6.54 Å². The number of guanidine groups is 1. The molecule has 2 aromatic rings. The van der Waals surface area contributed by atoms with Gasteiger partial charge in [0.25, 0.3) is 0 Å². The normalized spacial score (nSPS) is 15.0. The number of aliphatic imine (C=N–C) groups is 1. The van der Waals surface area contributed by atoms with Crippen LogP contribution in [0.3, 0.4) is 0 Å². The van der Waals surface area contributed by atoms with Crippen molar-refractivity contribution in [2.75, 3.05) is 37.6 Å². The second kappa shape index (κ2) is 9.75. The van der Waals surface area contributed by atoms with Gasteiger partial charge in [0.2, 0.25) is 5.89 Å². The summed E-state index contributed by atoms with van der Waals surface area (Å²) in [5.41, 5.74) is 2.59. The van der Waals surface area contributed by atoms with E-state index in [-0.39, 0.29) is 24.0 Å². The molecule has 0 amide bonds. The van der Waals surface area contributed by atoms with Gasteiger partial charge in [-0.1, -0.05) is 17.3 Å². The van der Waals surface area contributed by atoms with Crippen LogP contribution in [0.15, 0.2) is 33.8 Å². The van der Waals surface area contributed by atoms with Crippen molar-refractivity contribution in [2.24, 2.45) is 4.99 Å². The van der Waals surface area contributed by atoms with Crippen LogP contribution in [0.1, 0.15) is 24.2 Å². The zero-order valence-corrected chi connectivity index (χ0v) is 17.9. The standard InChI is InChI=1S/C18H26N6O.HI/c1-4-19-18(20-13-17-21-15(3)25-22-17)24-10-8-23(9-11-24)16-7-5-6-14(2)12-16;/h5-7,12H,4,8-11,13H2,1-3H3,(H,19,20);1H. The molecule has 0 radical (unpaired) electrons. The number of rotatable bonds is 4. The highest BCUT2D eigenvalue weighted by molar-refractivity contribution is 14.0. The number of aryl methyl sites for hydroxylation is 2. The molecule has 1 fully saturated rings. The summed E-state index contributed by atoms with van der Waals surface area (Å²) < 4.78 is 5.00. The molecule has 1 N–H and O–H groups in total. The Morgan fingerprint density at radius 3 is 2.62 bits per heavy atom. The number of piperazine rings is 1. The van der Waals surface area contributed by atoms with E-state index in [9.17, 15) is 0 Å². The zero-order valence-electron chi connectivity index (χ0n) is 15.6. The van der Waals surface area contributed by atoms with E-state index in [4.69, 9.17) is 4.52 Å². The second-order valence-electron chi connectivity index (χ2n) is 6.21. The average Bonchev–Trinajstić information content (AvgIpc) is 3.04. The Morgan fingerprint density at radius 1 is 1.23 bits per heavy atom. The third-order valence-electron chi connectivity index (χ3n) is 4.22. The number of nitrogens with one attached hydrogen (secondary N) is 1. The zero-order chi connectivity index (χ0) is 17.6. The molecule has 0 spiro atoms. The Morgan fingerprint density at radius 2 is 2.00 bits per heavy atom. The maximum Gasteiger partial charge on any atom is 0.223 e. The highest BCUT2D eigenvalue weighted by Gasteiger charge is 2.20. The molecular weight excluding hydrogens is 443 g/mol. The third-order valence-corrected chi connectivity index (χ3v) is 4.22. The molecule has 7 nitrogen and oxygen atoms in total. The Labute approximate surface area is 171 Å². The van der Waals surface area contributed by atoms with Crippen molar-refractivity contribution < 1.29 is 4.52 Å². The molecule has 1 saturated heterocycles. The second-order valence-corrected chi connectivity index (χ2v) is 6.21. The molecule has 1 aromatic carbocycles. The number of hydrogen-bond acceptors (Lipinski definition) is 5. The lowest BCUT2D eigenvalue weighted by atomic mass is 10.2. The van der Waals surface area contributed by atoms with Gasteiger partial charge in [-0.15, -0.1) is 24.0 Å². The van der Waals surface area contributed by atoms with E-state index in [1.807, 2.05) is 0 Å². The predicted octanol–water partition coefficient (Wildman–Crippen LogP) is 2.59. The summed E-state index contributed by atoms with van der Waals surface area (Å²) in [4.78, 5) is 13.6. The van der Waals surface area contributed by atoms with Gasteiger partial charge >= 0.3 is 0 Å². The van der Waals surface area contributed by atoms with E-state index in [1.54, 1.807) is 6.92 Å². The molecule has 0 saturated carbocycles. The van der Waals surface area contributed by atoms with Crippen LogP contribution < -0.4 is 10.2 Å². The van der Waals surface area contributed by atoms with Crippen LogP contribution in [0.2, 0.25) is 0 Å². The van der Waals surface area contributed by atoms with Crippen molar-refractivity contribution in [1.82, 2.24) is 20.4 Å². The van der Waals surface area contributed by atoms with Gasteiger partial charge in [-0.2, -0.15) is 4.98 Å². The lowest BCUT2D eigenvalue weighted by molar-refractivity contribution is 0.371. The highest BCUT2D eigenvalue weighted by atomic mass is 127. The van der Waals surface area contributed by atoms with E-state index >= 15 is 0 Å². The van der Waals surface area contributed by atoms with Crippen LogP contribution in [0.4, 0.5) is 5.69 Å². The molecule has 0 unspecified atom stereocenters. The number of aromatic nitrogens is 2. The summed E-state index contributed by atoms with van der Waals surface area (Å²) in [5.74, 6) is 2.10. The van der Waals surface area contributed by atoms with Gasteiger partial charge in [-0.3, -0.25) is 0 Å². The number of hydrogen-bond donors (Lipinski definition) is 1. The van der Waals surface area contributed by atoms with Gasteiger partial charge in [0.05, 0.1) is 0 Å². The van der Waals surface area contributed by atoms with Crippen LogP contribution >= 0.6 is 24.0 Å². The topological polar surface area (TPSA) is 69.8 Å². The number of anilines is 1. The molecule has 1 aliphatic rings. The van der Waals surface area contributed by atoms with E-state index in [1.165, 1.54) is 11.3 Å². The van der Waals surface area contributed by atoms with Crippen molar-refractivity contribution in [2.45, 2.75) is 27.3 Å². The van der Waals surface area contributed by atoms with Crippen molar-refractivity contribution >= 4 is 35.6 Å². The van der Waals surface area contributed by atoms with E-state index in [2.05, 4.69) is 68.4 Å². The monoisotopic (exact) mass is 470 g/mol. The predicted molar refractivity (Wildman–Crippen MR) is 114 cm³/mol. The Balaban J connectivity index is 0.00000243. The van der Waals surface area contributed by atoms with Gasteiger partial charge in [-0.25, -0.2) is 4.99 Å². The SMILES string of the molecule is CCNC(=NCc1noc(C)n1)N1CCN(c2cccc(C)c2)CC1.I. The summed E-state index contributed by atoms with van der Waals surface area (Å²) in [6.07, 6.45) is 0. The molecule has 0 atom stereocenters. The van der Waals surface area contributed by atoms with Crippen LogP contribution in [-0.2, 0) is 6.54 Å². The molecule has 1 aliphatic heterocycles. The van der Waals surface area contributed by atoms with Crippen molar-refractivity contribution in [3.05, 3.63) is 41.5 Å². The van der Waals surface area contributed by atoms with Crippen LogP contribution in [0, 0.1) is 13.8 Å². The van der Waals surface area contributed by atoms with Crippen molar-refractivity contribution in [1.29, 1.82) is 0 Å². The van der Waals surface area contributed by atoms with Gasteiger partial charge in [0, 0.05) is 45.3 Å². The molecular formula is C18H27IN6O. The van der Waals surface area contributed by atoms with Crippen LogP contribution in [0.5, 0.6) is 0 Å². The molecule has 1 aromatic heterocycles. The fourth-order valence-corrected chi connectivity index (χ4v) is 2.98. The average molecular weight is 470 g/mol. The first-order valence-corrected chi connectivity index (χ1v) is 8.80. The van der Waals surface area contributed by atoms with Gasteiger partial charge in [0.15, 0.2) is 11.8 Å². The largest absolute Gasteiger partial charge is 0.368 e. The summed E-state index contributed by atoms with van der Waals surface area (Å²) in [6, 6.07) is 8.68. The van der Waals surface area contributed by atoms with E-state index in [0.29, 0.717) is 18.3 Å². The lowest BCUT2D eigenvalue weighted by Crippen LogP contribution is -2.52. The molecule has 2 heterocycles. The molecule has 26 heavy (non-hydrogen) atoms. The first-order chi connectivity index (χ1) is 12.2. The van der Waals surface area contributed by atoms with E-state index < -0.39 is 0 Å². The molecule has 0 bridgehead atoms. The Bertz CT molecular complexity index is 724. The third kappa shape index (κ3) is 5.33. The minimum atomic E-state index is 0. The number of halogens is 1. The van der Waals surface area contributed by atoms with Crippen LogP contribution in [-0.4, -0.2) is 53.7 Å². The lowest BCUT2D eigenvalue weighted by Gasteiger charge is -2.37. The van der Waals surface area contributed by atoms with Gasteiger partial charge in [-0.05, 0) is 31.5 Å². The first kappa shape index (κ1) is 20.5. The molecule has 3 rings (SSSR count). The minimum Gasteiger partial charge on any atom is -0.368 e. The Kier molecular flexibility index (Phi) is 7.67. The summed E-state index contributed by atoms with van der Waals surface area (Å²) in [5, 5.41) is 7.27. The van der Waals surface area contributed by atoms with Crippen LogP contribution in [0.25, 0.3) is 0 Å². The van der Waals surface area contributed by atoms with Gasteiger partial charge < -0.3 is 19.6 Å². The fraction of sp³-hybridized carbons (Fsp3) is 0.500. The number of benzene rings is 1. The maximum atomic E-state index is 5.00. The smallest absolute Gasteiger partial charge is 0.223 e. The van der Waals surface area contributed by atoms with Crippen molar-refractivity contribution in [3.63, 3.8) is 0 Å². The highest BCUT2D eigenvalue weighted by Crippen LogP contribution is 2.17. The first-order valence-electron chi connectivity index (χ1n) is 8.80. The summed E-state index contributed by atoms with van der Waals surface area (Å²) >= 11 is 0. The number of nitrogens with zero attached hydrogens (tertiary/aromatic N) is 5. The van der Waals surface area contributed by atoms with Crippen molar-refractivity contribution in [3.8, 4) is 0 Å². The summed E-state index contributed by atoms with van der Waals surface area (Å²) in [6.45, 7) is 11.1. The molecule has 142 valence electrons. The summed E-state index contributed by atoms with van der Waals surface area (Å²) in [7, 11) is 0. The molecule has 8 heteroatoms. The minimum absolute atomic E-state index is 0. The van der Waals surface area contributed by atoms with E-state index in [0.717, 1.165) is 38.7 Å².